The zero-order valence-corrected chi connectivity index (χ0v) is 18.1. The fourth-order valence-corrected chi connectivity index (χ4v) is 3.40. The van der Waals surface area contributed by atoms with Crippen molar-refractivity contribution < 1.29 is 9.53 Å². The van der Waals surface area contributed by atoms with E-state index in [4.69, 9.17) is 22.1 Å². The van der Waals surface area contributed by atoms with Gasteiger partial charge in [0.2, 0.25) is 0 Å². The van der Waals surface area contributed by atoms with Crippen molar-refractivity contribution in [2.75, 3.05) is 20.1 Å². The molecular weight excluding hydrogens is 402 g/mol. The van der Waals surface area contributed by atoms with Crippen LogP contribution in [0.15, 0.2) is 47.5 Å². The van der Waals surface area contributed by atoms with Gasteiger partial charge in [-0.2, -0.15) is 0 Å². The van der Waals surface area contributed by atoms with Crippen molar-refractivity contribution in [2.24, 2.45) is 10.7 Å². The molecule has 0 bridgehead atoms. The van der Waals surface area contributed by atoms with E-state index in [1.165, 1.54) is 12.6 Å². The number of nitrogens with zero attached hydrogens (tertiary/aromatic N) is 2. The second kappa shape index (κ2) is 9.65. The summed E-state index contributed by atoms with van der Waals surface area (Å²) < 4.78 is 6.05. The van der Waals surface area contributed by atoms with Gasteiger partial charge in [0, 0.05) is 31.1 Å². The molecule has 3 aromatic rings. The number of benzene rings is 2. The Bertz CT molecular complexity index is 1070. The van der Waals surface area contributed by atoms with Gasteiger partial charge in [-0.1, -0.05) is 37.6 Å². The van der Waals surface area contributed by atoms with Gasteiger partial charge in [0.05, 0.1) is 10.5 Å². The number of amides is 1. The van der Waals surface area contributed by atoms with Gasteiger partial charge >= 0.3 is 0 Å². The molecule has 1 aromatic heterocycles. The maximum Gasteiger partial charge on any atom is 0.274 e. The number of H-pyrrole nitrogens is 1. The first-order valence-corrected chi connectivity index (χ1v) is 10.2. The fraction of sp³-hybridized carbons (Fsp3) is 0.273. The number of ether oxygens (including phenoxy) is 1. The third kappa shape index (κ3) is 5.11. The Hall–Kier alpha value is -3.03. The molecular formula is C22H26ClN5O2. The van der Waals surface area contributed by atoms with E-state index in [0.717, 1.165) is 30.8 Å². The van der Waals surface area contributed by atoms with E-state index >= 15 is 0 Å². The first-order valence-electron chi connectivity index (χ1n) is 9.78. The van der Waals surface area contributed by atoms with Crippen LogP contribution in [0.1, 0.15) is 29.9 Å². The Kier molecular flexibility index (Phi) is 6.97. The summed E-state index contributed by atoms with van der Waals surface area (Å²) in [6, 6.07) is 13.2. The first-order chi connectivity index (χ1) is 14.4. The lowest BCUT2D eigenvalue weighted by molar-refractivity contribution is 0.0972. The van der Waals surface area contributed by atoms with Gasteiger partial charge in [-0.25, -0.2) is 0 Å². The smallest absolute Gasteiger partial charge is 0.274 e. The normalized spacial score (nSPS) is 11.8. The number of carbonyl (C=O) groups is 1. The molecule has 3 rings (SSSR count). The lowest BCUT2D eigenvalue weighted by Gasteiger charge is -2.18. The molecule has 0 aliphatic heterocycles. The molecule has 8 heteroatoms. The molecule has 1 heterocycles. The van der Waals surface area contributed by atoms with Crippen LogP contribution in [-0.4, -0.2) is 41.9 Å². The van der Waals surface area contributed by atoms with Crippen LogP contribution in [0.5, 0.6) is 11.5 Å². The topological polar surface area (TPSA) is 95.7 Å². The van der Waals surface area contributed by atoms with Crippen LogP contribution in [0.4, 0.5) is 0 Å². The van der Waals surface area contributed by atoms with Crippen molar-refractivity contribution in [3.05, 3.63) is 58.7 Å². The number of guanidine groups is 1. The standard InChI is InChI=1S/C22H26ClN5O2/c1-4-28(5-2)13-14-7-6-8-15(9-14)30-16-10-18(23)17-12-20(26-19(17)11-16)21(29)27-22(24)25-3/h6-12,26H,4-5,13H2,1-3H3,(H3,24,25,27,29). The van der Waals surface area contributed by atoms with Crippen LogP contribution < -0.4 is 15.8 Å². The molecule has 0 fully saturated rings. The van der Waals surface area contributed by atoms with Crippen LogP contribution in [0.25, 0.3) is 10.9 Å². The Morgan fingerprint density at radius 2 is 1.97 bits per heavy atom. The third-order valence-corrected chi connectivity index (χ3v) is 5.14. The summed E-state index contributed by atoms with van der Waals surface area (Å²) in [6.45, 7) is 7.15. The van der Waals surface area contributed by atoms with Gasteiger partial charge in [-0.3, -0.25) is 20.0 Å². The molecule has 30 heavy (non-hydrogen) atoms. The van der Waals surface area contributed by atoms with E-state index in [0.29, 0.717) is 22.0 Å². The van der Waals surface area contributed by atoms with E-state index in [1.54, 1.807) is 12.1 Å². The van der Waals surface area contributed by atoms with E-state index in [9.17, 15) is 4.79 Å². The van der Waals surface area contributed by atoms with E-state index in [2.05, 4.69) is 40.1 Å². The minimum atomic E-state index is -0.392. The molecule has 1 amide bonds. The number of hydrogen-bond donors (Lipinski definition) is 3. The number of aromatic amines is 1. The quantitative estimate of drug-likeness (QED) is 0.390. The summed E-state index contributed by atoms with van der Waals surface area (Å²) in [4.78, 5) is 21.4. The summed E-state index contributed by atoms with van der Waals surface area (Å²) in [5.41, 5.74) is 7.76. The maximum atomic E-state index is 12.3. The molecule has 2 aromatic carbocycles. The van der Waals surface area contributed by atoms with Crippen LogP contribution in [-0.2, 0) is 6.54 Å². The average molecular weight is 428 g/mol. The average Bonchev–Trinajstić information content (AvgIpc) is 3.17. The number of nitrogens with two attached hydrogens (primary N) is 1. The number of aliphatic imine (C=N–C) groups is 1. The van der Waals surface area contributed by atoms with Gasteiger partial charge in [0.1, 0.15) is 17.2 Å². The predicted octanol–water partition coefficient (Wildman–Crippen LogP) is 4.13. The third-order valence-electron chi connectivity index (χ3n) is 4.82. The molecule has 4 N–H and O–H groups in total. The largest absolute Gasteiger partial charge is 0.457 e. The number of fused-ring (bicyclic) bond motifs is 1. The molecule has 7 nitrogen and oxygen atoms in total. The number of aromatic nitrogens is 1. The van der Waals surface area contributed by atoms with Gasteiger partial charge in [0.25, 0.3) is 5.91 Å². The zero-order chi connectivity index (χ0) is 21.7. The van der Waals surface area contributed by atoms with Gasteiger partial charge in [-0.05, 0) is 36.9 Å². The van der Waals surface area contributed by atoms with E-state index < -0.39 is 5.91 Å². The van der Waals surface area contributed by atoms with Crippen molar-refractivity contribution >= 4 is 34.4 Å². The Balaban J connectivity index is 1.83. The van der Waals surface area contributed by atoms with E-state index in [-0.39, 0.29) is 5.96 Å². The minimum Gasteiger partial charge on any atom is -0.457 e. The molecule has 0 saturated carbocycles. The Labute approximate surface area is 180 Å². The summed E-state index contributed by atoms with van der Waals surface area (Å²) in [7, 11) is 1.50. The monoisotopic (exact) mass is 427 g/mol. The molecule has 0 atom stereocenters. The van der Waals surface area contributed by atoms with Crippen molar-refractivity contribution in [3.8, 4) is 11.5 Å². The highest BCUT2D eigenvalue weighted by Crippen LogP contribution is 2.32. The maximum absolute atomic E-state index is 12.3. The molecule has 0 unspecified atom stereocenters. The second-order valence-corrected chi connectivity index (χ2v) is 7.23. The highest BCUT2D eigenvalue weighted by atomic mass is 35.5. The number of halogens is 1. The van der Waals surface area contributed by atoms with Crippen molar-refractivity contribution in [3.63, 3.8) is 0 Å². The van der Waals surface area contributed by atoms with Crippen LogP contribution >= 0.6 is 11.6 Å². The van der Waals surface area contributed by atoms with Crippen molar-refractivity contribution in [1.82, 2.24) is 15.2 Å². The summed E-state index contributed by atoms with van der Waals surface area (Å²) in [5.74, 6) is 0.956. The van der Waals surface area contributed by atoms with Gasteiger partial charge < -0.3 is 15.5 Å². The summed E-state index contributed by atoms with van der Waals surface area (Å²) in [5, 5.41) is 3.69. The minimum absolute atomic E-state index is 0.0402. The molecule has 0 aliphatic carbocycles. The second-order valence-electron chi connectivity index (χ2n) is 6.82. The summed E-state index contributed by atoms with van der Waals surface area (Å²) >= 11 is 6.43. The van der Waals surface area contributed by atoms with Crippen LogP contribution in [0.2, 0.25) is 5.02 Å². The Morgan fingerprint density at radius 1 is 1.20 bits per heavy atom. The number of rotatable bonds is 7. The number of nitrogens with one attached hydrogen (secondary N) is 2. The molecule has 0 radical (unpaired) electrons. The van der Waals surface area contributed by atoms with Crippen LogP contribution in [0.3, 0.4) is 0 Å². The lowest BCUT2D eigenvalue weighted by Crippen LogP contribution is -2.36. The highest BCUT2D eigenvalue weighted by molar-refractivity contribution is 6.35. The first kappa shape index (κ1) is 21.7. The van der Waals surface area contributed by atoms with Crippen LogP contribution in [0, 0.1) is 0 Å². The highest BCUT2D eigenvalue weighted by Gasteiger charge is 2.14. The lowest BCUT2D eigenvalue weighted by atomic mass is 10.2. The van der Waals surface area contributed by atoms with Crippen molar-refractivity contribution in [1.29, 1.82) is 0 Å². The van der Waals surface area contributed by atoms with Gasteiger partial charge in [-0.15, -0.1) is 0 Å². The number of carbonyl (C=O) groups excluding carboxylic acids is 1. The van der Waals surface area contributed by atoms with Gasteiger partial charge in [0.15, 0.2) is 5.96 Å². The molecule has 0 spiro atoms. The SMILES string of the molecule is CCN(CC)Cc1cccc(Oc2cc(Cl)c3cc(C(=O)NC(N)=NC)[nH]c3c2)c1. The fourth-order valence-electron chi connectivity index (χ4n) is 3.14. The number of hydrogen-bond acceptors (Lipinski definition) is 4. The molecule has 0 aliphatic rings. The van der Waals surface area contributed by atoms with Crippen molar-refractivity contribution in [2.45, 2.75) is 20.4 Å². The predicted molar refractivity (Wildman–Crippen MR) is 121 cm³/mol. The molecule has 158 valence electrons. The molecule has 0 saturated heterocycles. The Morgan fingerprint density at radius 3 is 2.67 bits per heavy atom. The summed E-state index contributed by atoms with van der Waals surface area (Å²) in [6.07, 6.45) is 0. The zero-order valence-electron chi connectivity index (χ0n) is 17.3. The van der Waals surface area contributed by atoms with E-state index in [1.807, 2.05) is 24.3 Å².